The van der Waals surface area contributed by atoms with Gasteiger partial charge in [0.25, 0.3) is 5.91 Å². The number of benzene rings is 2. The van der Waals surface area contributed by atoms with E-state index in [1.165, 1.54) is 9.78 Å². The molecule has 0 radical (unpaired) electrons. The largest absolute Gasteiger partial charge is 0.323 e. The van der Waals surface area contributed by atoms with Gasteiger partial charge in [0.15, 0.2) is 6.54 Å². The molecule has 4 heteroatoms. The summed E-state index contributed by atoms with van der Waals surface area (Å²) in [5, 5.41) is 7.38. The highest BCUT2D eigenvalue weighted by molar-refractivity contribution is 7.09. The molecule has 0 bridgehead atoms. The number of hydrogen-bond acceptors (Lipinski definition) is 2. The Morgan fingerprint density at radius 2 is 1.91 bits per heavy atom. The number of hydrogen-bond donors (Lipinski definition) is 2. The zero-order valence-electron chi connectivity index (χ0n) is 13.2. The first kappa shape index (κ1) is 15.7. The minimum atomic E-state index is 0.0646. The molecule has 1 aromatic heterocycles. The number of thiophene rings is 1. The molecule has 1 atom stereocenters. The summed E-state index contributed by atoms with van der Waals surface area (Å²) in [4.78, 5) is 15.0. The van der Waals surface area contributed by atoms with Gasteiger partial charge in [0, 0.05) is 11.1 Å². The van der Waals surface area contributed by atoms with Crippen LogP contribution in [0, 0.1) is 0 Å². The number of nitrogens with one attached hydrogen (secondary N) is 2. The molecule has 0 saturated heterocycles. The first-order valence-electron chi connectivity index (χ1n) is 7.90. The fourth-order valence-electron chi connectivity index (χ4n) is 2.73. The number of carbonyl (C=O) groups excluding carboxylic acids is 1. The van der Waals surface area contributed by atoms with Gasteiger partial charge in [0.1, 0.15) is 6.54 Å². The quantitative estimate of drug-likeness (QED) is 0.718. The number of carbonyl (C=O) groups is 1. The van der Waals surface area contributed by atoms with E-state index in [0.717, 1.165) is 29.5 Å². The second kappa shape index (κ2) is 7.40. The van der Waals surface area contributed by atoms with Crippen LogP contribution in [0.15, 0.2) is 60.0 Å². The Bertz CT molecular complexity index is 778. The molecule has 3 aromatic rings. The second-order valence-electron chi connectivity index (χ2n) is 5.61. The van der Waals surface area contributed by atoms with Crippen LogP contribution in [0.4, 0.5) is 5.69 Å². The van der Waals surface area contributed by atoms with Crippen molar-refractivity contribution in [3.63, 3.8) is 0 Å². The van der Waals surface area contributed by atoms with Crippen LogP contribution in [-0.2, 0) is 11.3 Å². The van der Waals surface area contributed by atoms with Gasteiger partial charge in [-0.25, -0.2) is 0 Å². The molecule has 0 fully saturated rings. The summed E-state index contributed by atoms with van der Waals surface area (Å²) >= 11 is 1.75. The van der Waals surface area contributed by atoms with E-state index in [9.17, 15) is 4.79 Å². The Kier molecular flexibility index (Phi) is 5.05. The molecular weight excluding hydrogens is 304 g/mol. The lowest BCUT2D eigenvalue weighted by atomic mass is 10.1. The van der Waals surface area contributed by atoms with Crippen LogP contribution < -0.4 is 10.2 Å². The molecule has 0 aliphatic rings. The Labute approximate surface area is 140 Å². The van der Waals surface area contributed by atoms with Crippen LogP contribution in [0.2, 0.25) is 0 Å². The Hall–Kier alpha value is -2.17. The van der Waals surface area contributed by atoms with Gasteiger partial charge in [-0.05, 0) is 29.8 Å². The van der Waals surface area contributed by atoms with Gasteiger partial charge in [-0.2, -0.15) is 0 Å². The summed E-state index contributed by atoms with van der Waals surface area (Å²) in [6, 6.07) is 18.3. The van der Waals surface area contributed by atoms with Gasteiger partial charge in [0.05, 0.1) is 11.4 Å². The molecule has 1 amide bonds. The zero-order chi connectivity index (χ0) is 16.1. The fraction of sp³-hybridized carbons (Fsp3) is 0.211. The van der Waals surface area contributed by atoms with E-state index in [1.807, 2.05) is 30.3 Å². The van der Waals surface area contributed by atoms with Crippen molar-refractivity contribution in [3.8, 4) is 0 Å². The third kappa shape index (κ3) is 3.97. The number of quaternary nitrogens is 1. The average molecular weight is 325 g/mol. The van der Waals surface area contributed by atoms with E-state index >= 15 is 0 Å². The van der Waals surface area contributed by atoms with E-state index < -0.39 is 0 Å². The van der Waals surface area contributed by atoms with Crippen LogP contribution in [0.25, 0.3) is 10.8 Å². The molecule has 0 saturated carbocycles. The monoisotopic (exact) mass is 325 g/mol. The van der Waals surface area contributed by atoms with Crippen molar-refractivity contribution >= 4 is 33.7 Å². The summed E-state index contributed by atoms with van der Waals surface area (Å²) < 4.78 is 0. The predicted molar refractivity (Wildman–Crippen MR) is 97.0 cm³/mol. The smallest absolute Gasteiger partial charge is 0.279 e. The van der Waals surface area contributed by atoms with E-state index in [2.05, 4.69) is 41.9 Å². The van der Waals surface area contributed by atoms with Crippen LogP contribution >= 0.6 is 11.3 Å². The molecule has 1 unspecified atom stereocenters. The number of fused-ring (bicyclic) bond motifs is 1. The van der Waals surface area contributed by atoms with Gasteiger partial charge in [-0.15, -0.1) is 11.3 Å². The normalized spacial score (nSPS) is 12.2. The van der Waals surface area contributed by atoms with Crippen LogP contribution in [-0.4, -0.2) is 19.0 Å². The van der Waals surface area contributed by atoms with E-state index in [1.54, 1.807) is 11.3 Å². The lowest BCUT2D eigenvalue weighted by Crippen LogP contribution is -3.11. The molecule has 1 heterocycles. The number of anilines is 1. The van der Waals surface area contributed by atoms with Crippen LogP contribution in [0.1, 0.15) is 11.8 Å². The highest BCUT2D eigenvalue weighted by atomic mass is 32.1. The standard InChI is InChI=1S/C19H20N2OS/c1-2-21(13-16-9-6-12-23-16)14-19(22)20-18-11-5-8-15-7-3-4-10-17(15)18/h3-12H,2,13-14H2,1H3,(H,20,22)/p+1. The first-order valence-corrected chi connectivity index (χ1v) is 8.78. The highest BCUT2D eigenvalue weighted by Crippen LogP contribution is 2.22. The fourth-order valence-corrected chi connectivity index (χ4v) is 3.50. The molecular formula is C19H21N2OS+. The molecule has 0 spiro atoms. The molecule has 118 valence electrons. The number of likely N-dealkylation sites (N-methyl/N-ethyl adjacent to an activating group) is 1. The molecule has 3 rings (SSSR count). The topological polar surface area (TPSA) is 33.5 Å². The van der Waals surface area contributed by atoms with Crippen molar-refractivity contribution in [2.75, 3.05) is 18.4 Å². The van der Waals surface area contributed by atoms with Crippen LogP contribution in [0.5, 0.6) is 0 Å². The molecule has 23 heavy (non-hydrogen) atoms. The van der Waals surface area contributed by atoms with Crippen molar-refractivity contribution < 1.29 is 9.69 Å². The zero-order valence-corrected chi connectivity index (χ0v) is 14.0. The summed E-state index contributed by atoms with van der Waals surface area (Å²) in [7, 11) is 0. The lowest BCUT2D eigenvalue weighted by molar-refractivity contribution is -0.903. The van der Waals surface area contributed by atoms with Crippen molar-refractivity contribution in [3.05, 3.63) is 64.9 Å². The second-order valence-corrected chi connectivity index (χ2v) is 6.64. The average Bonchev–Trinajstić information content (AvgIpc) is 3.07. The summed E-state index contributed by atoms with van der Waals surface area (Å²) in [6.45, 7) is 4.43. The number of rotatable bonds is 6. The van der Waals surface area contributed by atoms with Gasteiger partial charge < -0.3 is 10.2 Å². The van der Waals surface area contributed by atoms with Crippen LogP contribution in [0.3, 0.4) is 0 Å². The van der Waals surface area contributed by atoms with Crippen molar-refractivity contribution in [2.24, 2.45) is 0 Å². The van der Waals surface area contributed by atoms with Gasteiger partial charge >= 0.3 is 0 Å². The van der Waals surface area contributed by atoms with Gasteiger partial charge in [-0.1, -0.05) is 42.5 Å². The maximum atomic E-state index is 12.4. The van der Waals surface area contributed by atoms with Crippen molar-refractivity contribution in [1.29, 1.82) is 0 Å². The summed E-state index contributed by atoms with van der Waals surface area (Å²) in [6.07, 6.45) is 0. The lowest BCUT2D eigenvalue weighted by Gasteiger charge is -2.17. The van der Waals surface area contributed by atoms with E-state index in [0.29, 0.717) is 6.54 Å². The summed E-state index contributed by atoms with van der Waals surface area (Å²) in [5.41, 5.74) is 0.889. The van der Waals surface area contributed by atoms with E-state index in [4.69, 9.17) is 0 Å². The molecule has 3 nitrogen and oxygen atoms in total. The Morgan fingerprint density at radius 1 is 1.09 bits per heavy atom. The molecule has 0 aliphatic heterocycles. The molecule has 0 aliphatic carbocycles. The minimum absolute atomic E-state index is 0.0646. The highest BCUT2D eigenvalue weighted by Gasteiger charge is 2.14. The Balaban J connectivity index is 1.68. The number of amides is 1. The summed E-state index contributed by atoms with van der Waals surface area (Å²) in [5.74, 6) is 0.0646. The maximum absolute atomic E-state index is 12.4. The predicted octanol–water partition coefficient (Wildman–Crippen LogP) is 2.94. The van der Waals surface area contributed by atoms with Crippen molar-refractivity contribution in [2.45, 2.75) is 13.5 Å². The Morgan fingerprint density at radius 3 is 2.70 bits per heavy atom. The van der Waals surface area contributed by atoms with Gasteiger partial charge in [-0.3, -0.25) is 4.79 Å². The molecule has 2 aromatic carbocycles. The third-order valence-electron chi connectivity index (χ3n) is 3.98. The van der Waals surface area contributed by atoms with Gasteiger partial charge in [0.2, 0.25) is 0 Å². The van der Waals surface area contributed by atoms with E-state index in [-0.39, 0.29) is 5.91 Å². The molecule has 2 N–H and O–H groups in total. The van der Waals surface area contributed by atoms with Crippen molar-refractivity contribution in [1.82, 2.24) is 0 Å². The first-order chi connectivity index (χ1) is 11.3. The maximum Gasteiger partial charge on any atom is 0.279 e. The third-order valence-corrected chi connectivity index (χ3v) is 4.86. The minimum Gasteiger partial charge on any atom is -0.323 e. The SMILES string of the molecule is CC[NH+](CC(=O)Nc1cccc2ccccc12)Cc1cccs1.